The van der Waals surface area contributed by atoms with E-state index in [1.54, 1.807) is 0 Å². The van der Waals surface area contributed by atoms with E-state index in [0.717, 1.165) is 10.8 Å². The molecule has 21 heteroatoms. The molecule has 1 aliphatic rings. The Hall–Kier alpha value is -1.33. The van der Waals surface area contributed by atoms with Crippen molar-refractivity contribution in [2.24, 2.45) is 5.73 Å². The van der Waals surface area contributed by atoms with Crippen molar-refractivity contribution in [1.82, 2.24) is 9.55 Å². The Bertz CT molecular complexity index is 1140. The number of H-pyrrole nitrogens is 1. The molecule has 1 fully saturated rings. The van der Waals surface area contributed by atoms with Gasteiger partial charge in [-0.25, -0.2) is 18.5 Å². The van der Waals surface area contributed by atoms with Crippen LogP contribution in [0.2, 0.25) is 0 Å². The topological polar surface area (TPSA) is 290 Å². The molecule has 2 heterocycles. The number of ether oxygens (including phenoxy) is 1. The number of aliphatic hydroxyl groups excluding tert-OH is 2. The Morgan fingerprint density at radius 3 is 2.30 bits per heavy atom. The molecule has 9 N–H and O–H groups in total. The molecule has 6 atom stereocenters. The summed E-state index contributed by atoms with van der Waals surface area (Å²) in [6, 6.07) is 0. The molecule has 1 aromatic rings. The zero-order valence-electron chi connectivity index (χ0n) is 16.2. The van der Waals surface area contributed by atoms with Gasteiger partial charge in [-0.3, -0.25) is 18.9 Å². The molecule has 0 aromatic carbocycles. The number of aliphatic hydroxyl groups is 2. The second kappa shape index (κ2) is 10.5. The van der Waals surface area contributed by atoms with E-state index < -0.39 is 65.9 Å². The third kappa shape index (κ3) is 7.85. The summed E-state index contributed by atoms with van der Waals surface area (Å²) in [6.45, 7) is -1.00. The maximum Gasteiger partial charge on any atom is 0.490 e. The molecular formula is C12H20N3O15P3. The molecule has 0 aliphatic carbocycles. The highest BCUT2D eigenvalue weighted by Gasteiger charge is 2.46. The van der Waals surface area contributed by atoms with Crippen LogP contribution in [0.3, 0.4) is 0 Å². The van der Waals surface area contributed by atoms with Crippen LogP contribution in [0.4, 0.5) is 0 Å². The number of aromatic amines is 1. The fraction of sp³-hybridized carbons (Fsp3) is 0.500. The van der Waals surface area contributed by atoms with E-state index in [-0.39, 0.29) is 12.1 Å². The molecule has 0 bridgehead atoms. The van der Waals surface area contributed by atoms with Crippen LogP contribution in [0.1, 0.15) is 11.8 Å². The summed E-state index contributed by atoms with van der Waals surface area (Å²) >= 11 is 0. The maximum atomic E-state index is 12.1. The quantitative estimate of drug-likeness (QED) is 0.142. The number of phosphoric ester groups is 1. The lowest BCUT2D eigenvalue weighted by Crippen LogP contribution is -2.38. The largest absolute Gasteiger partial charge is 0.490 e. The minimum atomic E-state index is -5.76. The number of nitrogens with two attached hydrogens (primary N) is 1. The highest BCUT2D eigenvalue weighted by Crippen LogP contribution is 2.66. The first-order valence-corrected chi connectivity index (χ1v) is 13.1. The van der Waals surface area contributed by atoms with Gasteiger partial charge in [0.25, 0.3) is 5.56 Å². The van der Waals surface area contributed by atoms with Gasteiger partial charge in [-0.15, -0.1) is 0 Å². The minimum Gasteiger partial charge on any atom is -0.387 e. The summed E-state index contributed by atoms with van der Waals surface area (Å²) in [5, 5.41) is 20.3. The smallest absolute Gasteiger partial charge is 0.387 e. The monoisotopic (exact) mass is 539 g/mol. The van der Waals surface area contributed by atoms with Crippen LogP contribution in [0.5, 0.6) is 0 Å². The van der Waals surface area contributed by atoms with Crippen LogP contribution in [0.15, 0.2) is 21.9 Å². The Morgan fingerprint density at radius 2 is 1.73 bits per heavy atom. The van der Waals surface area contributed by atoms with Crippen molar-refractivity contribution < 1.29 is 61.4 Å². The SMILES string of the molecule is NC/C=C/c1cn([C@@H]2OC(COP(=O)(O)OP(=O)(O)OP(=O)(O)O)C(O)C2O)c(=O)[nH]c1=O. The lowest BCUT2D eigenvalue weighted by Gasteiger charge is -2.19. The first kappa shape index (κ1) is 27.9. The van der Waals surface area contributed by atoms with Gasteiger partial charge in [0.2, 0.25) is 0 Å². The summed E-state index contributed by atoms with van der Waals surface area (Å²) in [5.41, 5.74) is 3.43. The van der Waals surface area contributed by atoms with Gasteiger partial charge in [0.15, 0.2) is 6.23 Å². The molecule has 18 nitrogen and oxygen atoms in total. The van der Waals surface area contributed by atoms with Crippen molar-refractivity contribution in [2.75, 3.05) is 13.2 Å². The fourth-order valence-electron chi connectivity index (χ4n) is 2.57. The number of aromatic nitrogens is 2. The predicted molar refractivity (Wildman–Crippen MR) is 105 cm³/mol. The second-order valence-electron chi connectivity index (χ2n) is 6.32. The minimum absolute atomic E-state index is 0.0537. The number of hydrogen-bond donors (Lipinski definition) is 8. The molecule has 1 aliphatic heterocycles. The Balaban J connectivity index is 2.15. The average Bonchev–Trinajstić information content (AvgIpc) is 2.91. The van der Waals surface area contributed by atoms with Crippen LogP contribution in [0, 0.1) is 0 Å². The van der Waals surface area contributed by atoms with Crippen molar-refractivity contribution >= 4 is 29.5 Å². The first-order chi connectivity index (χ1) is 15.1. The number of nitrogens with one attached hydrogen (secondary N) is 1. The highest BCUT2D eigenvalue weighted by molar-refractivity contribution is 7.66. The molecule has 1 saturated heterocycles. The van der Waals surface area contributed by atoms with E-state index in [0.29, 0.717) is 0 Å². The van der Waals surface area contributed by atoms with Crippen LogP contribution in [-0.2, 0) is 31.6 Å². The first-order valence-electron chi connectivity index (χ1n) is 8.57. The van der Waals surface area contributed by atoms with Gasteiger partial charge in [-0.05, 0) is 0 Å². The van der Waals surface area contributed by atoms with Crippen LogP contribution < -0.4 is 17.0 Å². The van der Waals surface area contributed by atoms with Gasteiger partial charge < -0.3 is 40.3 Å². The number of rotatable bonds is 10. The molecule has 0 spiro atoms. The molecule has 5 unspecified atom stereocenters. The van der Waals surface area contributed by atoms with Crippen LogP contribution in [0.25, 0.3) is 6.08 Å². The third-order valence-corrected chi connectivity index (χ3v) is 7.66. The second-order valence-corrected chi connectivity index (χ2v) is 10.7. The summed E-state index contributed by atoms with van der Waals surface area (Å²) in [6.07, 6.45) is -3.19. The Labute approximate surface area is 183 Å². The van der Waals surface area contributed by atoms with Gasteiger partial charge in [-0.1, -0.05) is 12.2 Å². The lowest BCUT2D eigenvalue weighted by atomic mass is 10.1. The summed E-state index contributed by atoms with van der Waals surface area (Å²) in [4.78, 5) is 61.4. The standard InChI is InChI=1S/C12H20N3O15P3/c13-3-1-2-6-4-15(12(19)14-10(6)18)11-9(17)8(16)7(28-11)5-27-32(23,24)30-33(25,26)29-31(20,21)22/h1-2,4,7-9,11,16-17H,3,5,13H2,(H,23,24)(H,25,26)(H,14,18,19)(H2,20,21,22)/b2-1+/t7?,8?,9?,11-/m1/s1. The van der Waals surface area contributed by atoms with Crippen LogP contribution >= 0.6 is 23.5 Å². The van der Waals surface area contributed by atoms with E-state index in [1.165, 1.54) is 12.2 Å². The molecular weight excluding hydrogens is 519 g/mol. The Morgan fingerprint density at radius 1 is 1.09 bits per heavy atom. The van der Waals surface area contributed by atoms with Crippen molar-refractivity contribution in [3.05, 3.63) is 38.7 Å². The summed E-state index contributed by atoms with van der Waals surface area (Å²) in [5.74, 6) is 0. The summed E-state index contributed by atoms with van der Waals surface area (Å²) in [7, 11) is -16.9. The molecule has 0 radical (unpaired) electrons. The van der Waals surface area contributed by atoms with Gasteiger partial charge in [0, 0.05) is 12.7 Å². The molecule has 0 saturated carbocycles. The predicted octanol–water partition coefficient (Wildman–Crippen LogP) is -2.53. The highest BCUT2D eigenvalue weighted by atomic mass is 31.3. The van der Waals surface area contributed by atoms with Gasteiger partial charge in [0.1, 0.15) is 18.3 Å². The molecule has 2 rings (SSSR count). The van der Waals surface area contributed by atoms with E-state index in [4.69, 9.17) is 25.2 Å². The fourth-order valence-corrected chi connectivity index (χ4v) is 5.60. The van der Waals surface area contributed by atoms with Crippen molar-refractivity contribution in [3.8, 4) is 0 Å². The van der Waals surface area contributed by atoms with Gasteiger partial charge in [0.05, 0.1) is 12.2 Å². The maximum absolute atomic E-state index is 12.1. The molecule has 0 amide bonds. The van der Waals surface area contributed by atoms with E-state index in [2.05, 4.69) is 13.1 Å². The number of phosphoric acid groups is 3. The van der Waals surface area contributed by atoms with E-state index >= 15 is 0 Å². The number of nitrogens with zero attached hydrogens (tertiary/aromatic N) is 1. The van der Waals surface area contributed by atoms with Crippen molar-refractivity contribution in [3.63, 3.8) is 0 Å². The molecule has 188 valence electrons. The third-order valence-electron chi connectivity index (χ3n) is 3.86. The molecule has 33 heavy (non-hydrogen) atoms. The summed E-state index contributed by atoms with van der Waals surface area (Å²) < 4.78 is 51.1. The van der Waals surface area contributed by atoms with Gasteiger partial charge >= 0.3 is 29.2 Å². The zero-order chi connectivity index (χ0) is 25.2. The average molecular weight is 539 g/mol. The van der Waals surface area contributed by atoms with Crippen molar-refractivity contribution in [2.45, 2.75) is 24.5 Å². The normalized spacial score (nSPS) is 27.5. The lowest BCUT2D eigenvalue weighted by molar-refractivity contribution is -0.0542. The zero-order valence-corrected chi connectivity index (χ0v) is 18.9. The van der Waals surface area contributed by atoms with E-state index in [9.17, 15) is 38.4 Å². The molecule has 1 aromatic heterocycles. The number of hydrogen-bond acceptors (Lipinski definition) is 12. The van der Waals surface area contributed by atoms with Crippen LogP contribution in [-0.4, -0.2) is 70.8 Å². The van der Waals surface area contributed by atoms with E-state index in [1.807, 2.05) is 4.98 Å². The van der Waals surface area contributed by atoms with Gasteiger partial charge in [-0.2, -0.15) is 8.62 Å². The van der Waals surface area contributed by atoms with Crippen molar-refractivity contribution in [1.29, 1.82) is 0 Å². The Kier molecular flexibility index (Phi) is 8.89.